The monoisotopic (exact) mass is 310 g/mol. The molecule has 2 rings (SSSR count). The maximum atomic E-state index is 12.8. The molecule has 1 unspecified atom stereocenters. The second kappa shape index (κ2) is 6.07. The summed E-state index contributed by atoms with van der Waals surface area (Å²) in [6.07, 6.45) is -2.41. The molecule has 116 valence electrons. The standard InChI is InChI=1S/C14H13F3N4O/c1-21-8-10(6-20-21)13(22)7-19-11-3-2-9(5-18)12(4-11)14(15,16)17/h2-4,6,8,13,19,22H,7H2,1H3. The van der Waals surface area contributed by atoms with Gasteiger partial charge in [0, 0.05) is 31.0 Å². The number of aliphatic hydroxyl groups is 1. The fraction of sp³-hybridized carbons (Fsp3) is 0.286. The zero-order valence-corrected chi connectivity index (χ0v) is 11.6. The summed E-state index contributed by atoms with van der Waals surface area (Å²) in [5, 5.41) is 25.3. The van der Waals surface area contributed by atoms with Gasteiger partial charge in [-0.25, -0.2) is 0 Å². The van der Waals surface area contributed by atoms with Gasteiger partial charge in [-0.15, -0.1) is 0 Å². The van der Waals surface area contributed by atoms with Crippen LogP contribution in [0, 0.1) is 11.3 Å². The zero-order valence-electron chi connectivity index (χ0n) is 11.6. The van der Waals surface area contributed by atoms with Crippen LogP contribution >= 0.6 is 0 Å². The van der Waals surface area contributed by atoms with Crippen LogP contribution in [-0.2, 0) is 13.2 Å². The molecule has 0 saturated heterocycles. The summed E-state index contributed by atoms with van der Waals surface area (Å²) in [5.74, 6) is 0. The minimum Gasteiger partial charge on any atom is -0.386 e. The normalized spacial score (nSPS) is 12.7. The predicted molar refractivity (Wildman–Crippen MR) is 72.8 cm³/mol. The Kier molecular flexibility index (Phi) is 4.37. The van der Waals surface area contributed by atoms with Gasteiger partial charge in [-0.1, -0.05) is 0 Å². The topological polar surface area (TPSA) is 73.9 Å². The summed E-state index contributed by atoms with van der Waals surface area (Å²) in [6.45, 7) is 0.0227. The van der Waals surface area contributed by atoms with Gasteiger partial charge < -0.3 is 10.4 Å². The summed E-state index contributed by atoms with van der Waals surface area (Å²) in [5.41, 5.74) is -0.712. The van der Waals surface area contributed by atoms with E-state index in [9.17, 15) is 18.3 Å². The average molecular weight is 310 g/mol. The lowest BCUT2D eigenvalue weighted by molar-refractivity contribution is -0.137. The number of hydrogen-bond acceptors (Lipinski definition) is 4. The number of alkyl halides is 3. The molecule has 0 radical (unpaired) electrons. The molecule has 0 aliphatic carbocycles. The second-order valence-electron chi connectivity index (χ2n) is 4.71. The van der Waals surface area contributed by atoms with E-state index in [1.807, 2.05) is 0 Å². The highest BCUT2D eigenvalue weighted by molar-refractivity contribution is 5.53. The largest absolute Gasteiger partial charge is 0.417 e. The number of nitrogens with zero attached hydrogens (tertiary/aromatic N) is 3. The fourth-order valence-corrected chi connectivity index (χ4v) is 1.93. The first-order chi connectivity index (χ1) is 10.3. The molecular formula is C14H13F3N4O. The Bertz CT molecular complexity index is 703. The third kappa shape index (κ3) is 3.56. The van der Waals surface area contributed by atoms with Crippen molar-refractivity contribution in [3.63, 3.8) is 0 Å². The molecule has 1 aromatic heterocycles. The molecule has 22 heavy (non-hydrogen) atoms. The molecule has 0 saturated carbocycles. The Morgan fingerprint density at radius 3 is 2.73 bits per heavy atom. The molecule has 0 aliphatic rings. The molecule has 1 atom stereocenters. The highest BCUT2D eigenvalue weighted by atomic mass is 19.4. The summed E-state index contributed by atoms with van der Waals surface area (Å²) in [4.78, 5) is 0. The fourth-order valence-electron chi connectivity index (χ4n) is 1.93. The van der Waals surface area contributed by atoms with Crippen molar-refractivity contribution in [3.05, 3.63) is 47.3 Å². The Morgan fingerprint density at radius 1 is 1.45 bits per heavy atom. The maximum Gasteiger partial charge on any atom is 0.417 e. The molecule has 8 heteroatoms. The summed E-state index contributed by atoms with van der Waals surface area (Å²) in [6, 6.07) is 4.83. The van der Waals surface area contributed by atoms with Crippen molar-refractivity contribution in [2.75, 3.05) is 11.9 Å². The zero-order chi connectivity index (χ0) is 16.3. The molecule has 2 aromatic rings. The van der Waals surface area contributed by atoms with Crippen LogP contribution in [0.3, 0.4) is 0 Å². The van der Waals surface area contributed by atoms with Gasteiger partial charge >= 0.3 is 6.18 Å². The number of aromatic nitrogens is 2. The van der Waals surface area contributed by atoms with Gasteiger partial charge in [0.05, 0.1) is 29.5 Å². The van der Waals surface area contributed by atoms with Gasteiger partial charge in [0.25, 0.3) is 0 Å². The minimum atomic E-state index is -4.61. The Hall–Kier alpha value is -2.53. The van der Waals surface area contributed by atoms with Crippen LogP contribution in [0.25, 0.3) is 0 Å². The van der Waals surface area contributed by atoms with Crippen LogP contribution < -0.4 is 5.32 Å². The highest BCUT2D eigenvalue weighted by Crippen LogP contribution is 2.33. The Morgan fingerprint density at radius 2 is 2.18 bits per heavy atom. The van der Waals surface area contributed by atoms with Gasteiger partial charge in [-0.3, -0.25) is 4.68 Å². The number of rotatable bonds is 4. The first-order valence-electron chi connectivity index (χ1n) is 6.33. The third-order valence-corrected chi connectivity index (χ3v) is 3.05. The van der Waals surface area contributed by atoms with Crippen LogP contribution in [0.2, 0.25) is 0 Å². The van der Waals surface area contributed by atoms with Crippen molar-refractivity contribution in [3.8, 4) is 6.07 Å². The van der Waals surface area contributed by atoms with Gasteiger partial charge in [-0.05, 0) is 18.2 Å². The third-order valence-electron chi connectivity index (χ3n) is 3.05. The SMILES string of the molecule is Cn1cc(C(O)CNc2ccc(C#N)c(C(F)(F)F)c2)cn1. The number of hydrogen-bond donors (Lipinski definition) is 2. The van der Waals surface area contributed by atoms with Crippen LogP contribution in [0.15, 0.2) is 30.6 Å². The number of anilines is 1. The molecule has 1 heterocycles. The Labute approximate surface area is 124 Å². The average Bonchev–Trinajstić information content (AvgIpc) is 2.90. The van der Waals surface area contributed by atoms with E-state index >= 15 is 0 Å². The number of halogens is 3. The van der Waals surface area contributed by atoms with E-state index in [1.165, 1.54) is 23.0 Å². The summed E-state index contributed by atoms with van der Waals surface area (Å²) < 4.78 is 40.0. The van der Waals surface area contributed by atoms with Gasteiger partial charge in [0.15, 0.2) is 0 Å². The lowest BCUT2D eigenvalue weighted by Gasteiger charge is -2.14. The molecular weight excluding hydrogens is 297 g/mol. The number of benzene rings is 1. The molecule has 5 nitrogen and oxygen atoms in total. The summed E-state index contributed by atoms with van der Waals surface area (Å²) in [7, 11) is 1.69. The van der Waals surface area contributed by atoms with Gasteiger partial charge in [0.1, 0.15) is 0 Å². The van der Waals surface area contributed by atoms with Crippen molar-refractivity contribution >= 4 is 5.69 Å². The molecule has 0 spiro atoms. The maximum absolute atomic E-state index is 12.8. The van der Waals surface area contributed by atoms with Crippen molar-refractivity contribution in [2.45, 2.75) is 12.3 Å². The van der Waals surface area contributed by atoms with Crippen molar-refractivity contribution in [1.29, 1.82) is 5.26 Å². The number of aliphatic hydroxyl groups excluding tert-OH is 1. The van der Waals surface area contributed by atoms with Crippen LogP contribution in [-0.4, -0.2) is 21.4 Å². The highest BCUT2D eigenvalue weighted by Gasteiger charge is 2.33. The van der Waals surface area contributed by atoms with Crippen molar-refractivity contribution in [2.24, 2.45) is 7.05 Å². The second-order valence-corrected chi connectivity index (χ2v) is 4.71. The number of aryl methyl sites for hydroxylation is 1. The molecule has 1 aromatic carbocycles. The number of nitrogens with one attached hydrogen (secondary N) is 1. The van der Waals surface area contributed by atoms with Gasteiger partial charge in [0.2, 0.25) is 0 Å². The predicted octanol–water partition coefficient (Wildman–Crippen LogP) is 2.46. The smallest absolute Gasteiger partial charge is 0.386 e. The Balaban J connectivity index is 2.12. The lowest BCUT2D eigenvalue weighted by Crippen LogP contribution is -2.13. The van der Waals surface area contributed by atoms with Crippen LogP contribution in [0.5, 0.6) is 0 Å². The first kappa shape index (κ1) is 15.9. The van der Waals surface area contributed by atoms with E-state index in [0.717, 1.165) is 12.1 Å². The quantitative estimate of drug-likeness (QED) is 0.910. The van der Waals surface area contributed by atoms with E-state index < -0.39 is 23.4 Å². The van der Waals surface area contributed by atoms with Crippen LogP contribution in [0.1, 0.15) is 22.8 Å². The van der Waals surface area contributed by atoms with Crippen molar-refractivity contribution in [1.82, 2.24) is 9.78 Å². The summed E-state index contributed by atoms with van der Waals surface area (Å²) >= 11 is 0. The molecule has 0 fully saturated rings. The van der Waals surface area contributed by atoms with E-state index in [4.69, 9.17) is 5.26 Å². The van der Waals surface area contributed by atoms with E-state index in [-0.39, 0.29) is 12.2 Å². The van der Waals surface area contributed by atoms with Crippen LogP contribution in [0.4, 0.5) is 18.9 Å². The van der Waals surface area contributed by atoms with E-state index in [2.05, 4.69) is 10.4 Å². The minimum absolute atomic E-state index is 0.0227. The van der Waals surface area contributed by atoms with Crippen molar-refractivity contribution < 1.29 is 18.3 Å². The van der Waals surface area contributed by atoms with E-state index in [1.54, 1.807) is 13.2 Å². The van der Waals surface area contributed by atoms with E-state index in [0.29, 0.717) is 5.56 Å². The molecule has 0 bridgehead atoms. The first-order valence-corrected chi connectivity index (χ1v) is 6.33. The molecule has 2 N–H and O–H groups in total. The number of nitriles is 1. The molecule has 0 amide bonds. The lowest BCUT2D eigenvalue weighted by atomic mass is 10.1. The molecule has 0 aliphatic heterocycles. The van der Waals surface area contributed by atoms with Gasteiger partial charge in [-0.2, -0.15) is 23.5 Å².